The number of hydrogen-bond donors (Lipinski definition) is 3. The number of aromatic amines is 1. The molecule has 1 unspecified atom stereocenters. The Morgan fingerprint density at radius 2 is 2.58 bits per heavy atom. The maximum absolute atomic E-state index is 9.10. The Labute approximate surface area is 74.8 Å². The predicted octanol–water partition coefficient (Wildman–Crippen LogP) is -0.394. The number of thioether (sulfide) groups is 1. The summed E-state index contributed by atoms with van der Waals surface area (Å²) in [5, 5.41) is 16.3. The zero-order chi connectivity index (χ0) is 8.81. The molecule has 0 saturated heterocycles. The molecule has 0 amide bonds. The van der Waals surface area contributed by atoms with Crippen LogP contribution in [0.2, 0.25) is 0 Å². The zero-order valence-corrected chi connectivity index (χ0v) is 7.42. The lowest BCUT2D eigenvalue weighted by atomic mass is 10.3. The van der Waals surface area contributed by atoms with Crippen molar-refractivity contribution < 1.29 is 5.11 Å². The van der Waals surface area contributed by atoms with E-state index in [0.29, 0.717) is 13.0 Å². The van der Waals surface area contributed by atoms with Gasteiger partial charge in [-0.15, -0.1) is 0 Å². The Kier molecular flexibility index (Phi) is 4.06. The monoisotopic (exact) mass is 188 g/mol. The highest BCUT2D eigenvalue weighted by atomic mass is 32.2. The Morgan fingerprint density at radius 3 is 3.17 bits per heavy atom. The van der Waals surface area contributed by atoms with Gasteiger partial charge in [0.2, 0.25) is 0 Å². The Hall–Kier alpha value is -0.590. The molecule has 1 heterocycles. The number of H-pyrrole nitrogens is 1. The predicted molar refractivity (Wildman–Crippen MR) is 46.8 cm³/mol. The summed E-state index contributed by atoms with van der Waals surface area (Å²) < 4.78 is 0. The average Bonchev–Trinajstić information content (AvgIpc) is 2.57. The van der Waals surface area contributed by atoms with Crippen LogP contribution >= 0.6 is 11.8 Å². The van der Waals surface area contributed by atoms with Crippen molar-refractivity contribution >= 4 is 11.8 Å². The number of hydrogen-bond acceptors (Lipinski definition) is 5. The van der Waals surface area contributed by atoms with E-state index >= 15 is 0 Å². The van der Waals surface area contributed by atoms with Crippen molar-refractivity contribution in [3.8, 4) is 0 Å². The highest BCUT2D eigenvalue weighted by Gasteiger charge is 2.02. The first-order valence-electron chi connectivity index (χ1n) is 3.69. The molecule has 68 valence electrons. The van der Waals surface area contributed by atoms with Crippen molar-refractivity contribution in [3.05, 3.63) is 6.33 Å². The summed E-state index contributed by atoms with van der Waals surface area (Å²) in [4.78, 5) is 3.92. The molecule has 0 bridgehead atoms. The van der Waals surface area contributed by atoms with E-state index in [-0.39, 0.29) is 0 Å². The lowest BCUT2D eigenvalue weighted by Crippen LogP contribution is -2.20. The number of rotatable bonds is 5. The molecular weight excluding hydrogens is 176 g/mol. The standard InChI is InChI=1S/C6H12N4OS/c7-3-5(11)1-2-12-6-8-4-9-10-6/h4-5,11H,1-3,7H2,(H,8,9,10). The minimum Gasteiger partial charge on any atom is -0.392 e. The zero-order valence-electron chi connectivity index (χ0n) is 6.60. The molecular formula is C6H12N4OS. The number of aliphatic hydroxyl groups excluding tert-OH is 1. The van der Waals surface area contributed by atoms with E-state index in [1.165, 1.54) is 18.1 Å². The van der Waals surface area contributed by atoms with E-state index in [0.717, 1.165) is 10.9 Å². The van der Waals surface area contributed by atoms with Crippen LogP contribution in [0, 0.1) is 0 Å². The minimum atomic E-state index is -0.402. The molecule has 1 rings (SSSR count). The van der Waals surface area contributed by atoms with Gasteiger partial charge in [0.25, 0.3) is 0 Å². The highest BCUT2D eigenvalue weighted by Crippen LogP contribution is 2.12. The van der Waals surface area contributed by atoms with Crippen molar-refractivity contribution in [2.75, 3.05) is 12.3 Å². The van der Waals surface area contributed by atoms with Crippen LogP contribution in [0.15, 0.2) is 11.5 Å². The molecule has 0 aromatic carbocycles. The van der Waals surface area contributed by atoms with Gasteiger partial charge in [-0.2, -0.15) is 5.10 Å². The van der Waals surface area contributed by atoms with E-state index in [1.54, 1.807) is 0 Å². The van der Waals surface area contributed by atoms with Crippen LogP contribution in [0.25, 0.3) is 0 Å². The van der Waals surface area contributed by atoms with E-state index in [1.807, 2.05) is 0 Å². The summed E-state index contributed by atoms with van der Waals surface area (Å²) in [5.41, 5.74) is 5.24. The normalized spacial score (nSPS) is 13.2. The second kappa shape index (κ2) is 5.13. The summed E-state index contributed by atoms with van der Waals surface area (Å²) in [6, 6.07) is 0. The summed E-state index contributed by atoms with van der Waals surface area (Å²) in [6.07, 6.45) is 1.74. The van der Waals surface area contributed by atoms with Crippen LogP contribution in [0.5, 0.6) is 0 Å². The fourth-order valence-corrected chi connectivity index (χ4v) is 1.50. The highest BCUT2D eigenvalue weighted by molar-refractivity contribution is 7.99. The number of aliphatic hydroxyl groups is 1. The molecule has 4 N–H and O–H groups in total. The van der Waals surface area contributed by atoms with Crippen LogP contribution in [-0.4, -0.2) is 38.7 Å². The molecule has 0 saturated carbocycles. The van der Waals surface area contributed by atoms with Gasteiger partial charge in [-0.3, -0.25) is 5.10 Å². The Balaban J connectivity index is 2.11. The van der Waals surface area contributed by atoms with Crippen molar-refractivity contribution in [2.45, 2.75) is 17.7 Å². The first-order valence-corrected chi connectivity index (χ1v) is 4.67. The van der Waals surface area contributed by atoms with Gasteiger partial charge < -0.3 is 10.8 Å². The number of nitrogens with one attached hydrogen (secondary N) is 1. The number of nitrogens with two attached hydrogens (primary N) is 1. The maximum atomic E-state index is 9.10. The molecule has 1 atom stereocenters. The summed E-state index contributed by atoms with van der Waals surface area (Å²) in [5.74, 6) is 0.799. The Morgan fingerprint density at radius 1 is 1.75 bits per heavy atom. The van der Waals surface area contributed by atoms with Gasteiger partial charge in [0.15, 0.2) is 5.16 Å². The van der Waals surface area contributed by atoms with Crippen molar-refractivity contribution in [1.29, 1.82) is 0 Å². The fourth-order valence-electron chi connectivity index (χ4n) is 0.673. The largest absolute Gasteiger partial charge is 0.392 e. The number of nitrogens with zero attached hydrogens (tertiary/aromatic N) is 2. The second-order valence-electron chi connectivity index (χ2n) is 2.32. The quantitative estimate of drug-likeness (QED) is 0.547. The van der Waals surface area contributed by atoms with E-state index in [2.05, 4.69) is 15.2 Å². The molecule has 0 aliphatic heterocycles. The molecule has 1 aromatic rings. The van der Waals surface area contributed by atoms with Gasteiger partial charge in [-0.1, -0.05) is 11.8 Å². The van der Waals surface area contributed by atoms with Crippen LogP contribution in [0.3, 0.4) is 0 Å². The fraction of sp³-hybridized carbons (Fsp3) is 0.667. The van der Waals surface area contributed by atoms with Crippen LogP contribution in [0.1, 0.15) is 6.42 Å². The third-order valence-corrected chi connectivity index (χ3v) is 2.26. The Bertz CT molecular complexity index is 203. The molecule has 12 heavy (non-hydrogen) atoms. The third-order valence-electron chi connectivity index (χ3n) is 1.35. The van der Waals surface area contributed by atoms with Gasteiger partial charge in [0.05, 0.1) is 6.10 Å². The topological polar surface area (TPSA) is 87.8 Å². The minimum absolute atomic E-state index is 0.316. The van der Waals surface area contributed by atoms with E-state index in [4.69, 9.17) is 10.8 Å². The molecule has 0 aliphatic rings. The summed E-state index contributed by atoms with van der Waals surface area (Å²) in [6.45, 7) is 0.316. The average molecular weight is 188 g/mol. The molecule has 0 spiro atoms. The van der Waals surface area contributed by atoms with Gasteiger partial charge in [-0.25, -0.2) is 4.98 Å². The van der Waals surface area contributed by atoms with Crippen molar-refractivity contribution in [3.63, 3.8) is 0 Å². The smallest absolute Gasteiger partial charge is 0.183 e. The third kappa shape index (κ3) is 3.21. The van der Waals surface area contributed by atoms with E-state index in [9.17, 15) is 0 Å². The van der Waals surface area contributed by atoms with Gasteiger partial charge in [0, 0.05) is 12.3 Å². The van der Waals surface area contributed by atoms with Crippen LogP contribution in [-0.2, 0) is 0 Å². The first kappa shape index (κ1) is 9.50. The van der Waals surface area contributed by atoms with Gasteiger partial charge in [-0.05, 0) is 6.42 Å². The van der Waals surface area contributed by atoms with E-state index < -0.39 is 6.10 Å². The van der Waals surface area contributed by atoms with Gasteiger partial charge in [0.1, 0.15) is 6.33 Å². The summed E-state index contributed by atoms with van der Waals surface area (Å²) in [7, 11) is 0. The molecule has 6 heteroatoms. The van der Waals surface area contributed by atoms with Crippen molar-refractivity contribution in [1.82, 2.24) is 15.2 Å². The lowest BCUT2D eigenvalue weighted by Gasteiger charge is -2.04. The number of aromatic nitrogens is 3. The molecule has 1 aromatic heterocycles. The molecule has 0 fully saturated rings. The van der Waals surface area contributed by atoms with Crippen molar-refractivity contribution in [2.24, 2.45) is 5.73 Å². The SMILES string of the molecule is NCC(O)CCSc1ncn[nH]1. The molecule has 0 aliphatic carbocycles. The second-order valence-corrected chi connectivity index (χ2v) is 3.40. The van der Waals surface area contributed by atoms with Crippen LogP contribution in [0.4, 0.5) is 0 Å². The lowest BCUT2D eigenvalue weighted by molar-refractivity contribution is 0.180. The van der Waals surface area contributed by atoms with Crippen LogP contribution < -0.4 is 5.73 Å². The van der Waals surface area contributed by atoms with Gasteiger partial charge >= 0.3 is 0 Å². The molecule has 5 nitrogen and oxygen atoms in total. The summed E-state index contributed by atoms with van der Waals surface area (Å²) >= 11 is 1.53. The first-order chi connectivity index (χ1) is 5.83. The maximum Gasteiger partial charge on any atom is 0.183 e. The molecule has 0 radical (unpaired) electrons.